The van der Waals surface area contributed by atoms with Crippen molar-refractivity contribution in [2.45, 2.75) is 39.2 Å². The van der Waals surface area contributed by atoms with Crippen LogP contribution in [0, 0.1) is 6.92 Å². The molecule has 2 N–H and O–H groups in total. The van der Waals surface area contributed by atoms with Gasteiger partial charge in [0.2, 0.25) is 0 Å². The largest absolute Gasteiger partial charge is 0.491 e. The number of carbonyl (C=O) groups is 1. The summed E-state index contributed by atoms with van der Waals surface area (Å²) in [5.41, 5.74) is 1.82. The van der Waals surface area contributed by atoms with Crippen molar-refractivity contribution in [3.05, 3.63) is 35.7 Å². The Bertz CT molecular complexity index is 722. The topological polar surface area (TPSA) is 81.1 Å². The minimum absolute atomic E-state index is 0.259. The molecule has 0 bridgehead atoms. The monoisotopic (exact) mass is 343 g/mol. The van der Waals surface area contributed by atoms with E-state index in [0.717, 1.165) is 38.0 Å². The van der Waals surface area contributed by atoms with E-state index in [0.29, 0.717) is 29.8 Å². The van der Waals surface area contributed by atoms with Crippen molar-refractivity contribution < 1.29 is 9.53 Å². The lowest BCUT2D eigenvalue weighted by molar-refractivity contribution is 0.102. The number of hydrogen-bond donors (Lipinski definition) is 2. The summed E-state index contributed by atoms with van der Waals surface area (Å²) in [7, 11) is 0. The van der Waals surface area contributed by atoms with Crippen LogP contribution in [0.1, 0.15) is 48.4 Å². The number of aromatic nitrogens is 3. The molecule has 25 heavy (non-hydrogen) atoms. The van der Waals surface area contributed by atoms with Gasteiger partial charge in [0, 0.05) is 0 Å². The molecule has 2 aromatic rings. The molecule has 1 saturated heterocycles. The Kier molecular flexibility index (Phi) is 5.65. The molecule has 1 aliphatic rings. The maximum Gasteiger partial charge on any atom is 0.278 e. The van der Waals surface area contributed by atoms with E-state index in [1.165, 1.54) is 0 Å². The Labute approximate surface area is 147 Å². The van der Waals surface area contributed by atoms with E-state index >= 15 is 0 Å². The smallest absolute Gasteiger partial charge is 0.278 e. The second-order valence-electron chi connectivity index (χ2n) is 6.25. The zero-order chi connectivity index (χ0) is 17.6. The van der Waals surface area contributed by atoms with Crippen molar-refractivity contribution in [2.24, 2.45) is 0 Å². The van der Waals surface area contributed by atoms with Crippen molar-refractivity contribution in [1.29, 1.82) is 0 Å². The van der Waals surface area contributed by atoms with Crippen LogP contribution in [-0.4, -0.2) is 40.6 Å². The van der Waals surface area contributed by atoms with Crippen LogP contribution in [-0.2, 0) is 0 Å². The number of anilines is 1. The van der Waals surface area contributed by atoms with E-state index in [4.69, 9.17) is 4.74 Å². The molecule has 0 radical (unpaired) electrons. The Morgan fingerprint density at radius 1 is 1.36 bits per heavy atom. The number of para-hydroxylation sites is 2. The summed E-state index contributed by atoms with van der Waals surface area (Å²) >= 11 is 0. The number of rotatable bonds is 6. The molecule has 0 spiro atoms. The van der Waals surface area contributed by atoms with Crippen molar-refractivity contribution in [2.75, 3.05) is 25.0 Å². The van der Waals surface area contributed by atoms with Gasteiger partial charge in [0.1, 0.15) is 5.75 Å². The van der Waals surface area contributed by atoms with E-state index in [9.17, 15) is 4.79 Å². The number of piperidine rings is 1. The molecule has 0 aliphatic carbocycles. The first kappa shape index (κ1) is 17.4. The lowest BCUT2D eigenvalue weighted by Gasteiger charge is -2.23. The van der Waals surface area contributed by atoms with Crippen LogP contribution >= 0.6 is 0 Å². The van der Waals surface area contributed by atoms with Gasteiger partial charge in [-0.1, -0.05) is 24.3 Å². The molecule has 134 valence electrons. The van der Waals surface area contributed by atoms with Crippen LogP contribution in [0.25, 0.3) is 0 Å². The minimum Gasteiger partial charge on any atom is -0.491 e. The maximum atomic E-state index is 12.7. The Morgan fingerprint density at radius 2 is 2.12 bits per heavy atom. The highest BCUT2D eigenvalue weighted by molar-refractivity contribution is 6.04. The van der Waals surface area contributed by atoms with E-state index in [1.54, 1.807) is 0 Å². The molecule has 1 aliphatic heterocycles. The van der Waals surface area contributed by atoms with Crippen molar-refractivity contribution >= 4 is 11.6 Å². The molecular formula is C18H25N5O2. The molecular weight excluding hydrogens is 318 g/mol. The van der Waals surface area contributed by atoms with Crippen LogP contribution in [0.3, 0.4) is 0 Å². The number of nitrogens with one attached hydrogen (secondary N) is 2. The molecule has 7 heteroatoms. The zero-order valence-corrected chi connectivity index (χ0v) is 14.8. The average Bonchev–Trinajstić information content (AvgIpc) is 3.03. The van der Waals surface area contributed by atoms with Gasteiger partial charge < -0.3 is 15.4 Å². The van der Waals surface area contributed by atoms with E-state index < -0.39 is 0 Å². The lowest BCUT2D eigenvalue weighted by Crippen LogP contribution is -2.30. The van der Waals surface area contributed by atoms with Crippen LogP contribution in [0.4, 0.5) is 5.69 Å². The number of benzene rings is 1. The normalized spacial score (nSPS) is 15.1. The first-order valence-corrected chi connectivity index (χ1v) is 8.86. The van der Waals surface area contributed by atoms with Gasteiger partial charge in [-0.3, -0.25) is 4.79 Å². The predicted molar refractivity (Wildman–Crippen MR) is 96.1 cm³/mol. The summed E-state index contributed by atoms with van der Waals surface area (Å²) in [5.74, 6) is 0.409. The molecule has 0 saturated carbocycles. The number of amides is 1. The lowest BCUT2D eigenvalue weighted by atomic mass is 10.1. The third-order valence-corrected chi connectivity index (χ3v) is 4.39. The van der Waals surface area contributed by atoms with Crippen molar-refractivity contribution in [3.63, 3.8) is 0 Å². The highest BCUT2D eigenvalue weighted by Crippen LogP contribution is 2.25. The number of nitrogens with zero attached hydrogens (tertiary/aromatic N) is 3. The SMILES string of the molecule is CCCOc1ccccc1NC(=O)c1nnn(C2CCNCC2)c1C. The predicted octanol–water partition coefficient (Wildman–Crippen LogP) is 2.55. The number of hydrogen-bond acceptors (Lipinski definition) is 5. The highest BCUT2D eigenvalue weighted by Gasteiger charge is 2.23. The van der Waals surface area contributed by atoms with Gasteiger partial charge in [-0.15, -0.1) is 5.10 Å². The summed E-state index contributed by atoms with van der Waals surface area (Å²) in [6.45, 7) is 6.49. The van der Waals surface area contributed by atoms with Gasteiger partial charge in [0.05, 0.1) is 24.0 Å². The summed E-state index contributed by atoms with van der Waals surface area (Å²) in [5, 5.41) is 14.6. The maximum absolute atomic E-state index is 12.7. The number of ether oxygens (including phenoxy) is 1. The fourth-order valence-corrected chi connectivity index (χ4v) is 3.04. The molecule has 1 aromatic carbocycles. The van der Waals surface area contributed by atoms with E-state index in [1.807, 2.05) is 42.8 Å². The fraction of sp³-hybridized carbons (Fsp3) is 0.500. The van der Waals surface area contributed by atoms with Gasteiger partial charge >= 0.3 is 0 Å². The summed E-state index contributed by atoms with van der Waals surface area (Å²) in [4.78, 5) is 12.7. The van der Waals surface area contributed by atoms with Gasteiger partial charge in [-0.05, 0) is 51.4 Å². The van der Waals surface area contributed by atoms with Crippen LogP contribution in [0.5, 0.6) is 5.75 Å². The molecule has 2 heterocycles. The molecule has 1 aromatic heterocycles. The first-order chi connectivity index (χ1) is 12.2. The fourth-order valence-electron chi connectivity index (χ4n) is 3.04. The minimum atomic E-state index is -0.259. The molecule has 1 amide bonds. The summed E-state index contributed by atoms with van der Waals surface area (Å²) in [6, 6.07) is 7.74. The molecule has 1 fully saturated rings. The van der Waals surface area contributed by atoms with Gasteiger partial charge in [0.25, 0.3) is 5.91 Å². The Hall–Kier alpha value is -2.41. The van der Waals surface area contributed by atoms with E-state index in [2.05, 4.69) is 20.9 Å². The Balaban J connectivity index is 1.75. The quantitative estimate of drug-likeness (QED) is 0.842. The first-order valence-electron chi connectivity index (χ1n) is 8.86. The van der Waals surface area contributed by atoms with Gasteiger partial charge in [-0.25, -0.2) is 4.68 Å². The molecule has 3 rings (SSSR count). The average molecular weight is 343 g/mol. The van der Waals surface area contributed by atoms with Crippen molar-refractivity contribution in [3.8, 4) is 5.75 Å². The molecule has 7 nitrogen and oxygen atoms in total. The van der Waals surface area contributed by atoms with Crippen LogP contribution in [0.15, 0.2) is 24.3 Å². The third-order valence-electron chi connectivity index (χ3n) is 4.39. The molecule has 0 unspecified atom stereocenters. The van der Waals surface area contributed by atoms with Crippen LogP contribution in [0.2, 0.25) is 0 Å². The standard InChI is InChI=1S/C18H25N5O2/c1-3-12-25-16-7-5-4-6-15(16)20-18(24)17-13(2)23(22-21-17)14-8-10-19-11-9-14/h4-7,14,19H,3,8-12H2,1-2H3,(H,20,24). The third kappa shape index (κ3) is 3.99. The summed E-state index contributed by atoms with van der Waals surface area (Å²) in [6.07, 6.45) is 2.91. The molecule has 0 atom stereocenters. The second-order valence-corrected chi connectivity index (χ2v) is 6.25. The highest BCUT2D eigenvalue weighted by atomic mass is 16.5. The van der Waals surface area contributed by atoms with Crippen LogP contribution < -0.4 is 15.4 Å². The second kappa shape index (κ2) is 8.11. The number of carbonyl (C=O) groups excluding carboxylic acids is 1. The summed E-state index contributed by atoms with van der Waals surface area (Å²) < 4.78 is 7.57. The zero-order valence-electron chi connectivity index (χ0n) is 14.8. The van der Waals surface area contributed by atoms with Gasteiger partial charge in [0.15, 0.2) is 5.69 Å². The van der Waals surface area contributed by atoms with Crippen molar-refractivity contribution in [1.82, 2.24) is 20.3 Å². The Morgan fingerprint density at radius 3 is 2.88 bits per heavy atom. The van der Waals surface area contributed by atoms with Gasteiger partial charge in [-0.2, -0.15) is 0 Å². The van der Waals surface area contributed by atoms with E-state index in [-0.39, 0.29) is 5.91 Å².